The van der Waals surface area contributed by atoms with Crippen LogP contribution in [-0.2, 0) is 4.79 Å². The van der Waals surface area contributed by atoms with Crippen molar-refractivity contribution in [2.24, 2.45) is 22.6 Å². The number of aliphatic imine (C=N–C) groups is 1. The average molecular weight is 412 g/mol. The number of rotatable bonds is 3. The molecule has 7 nitrogen and oxygen atoms in total. The van der Waals surface area contributed by atoms with Crippen molar-refractivity contribution in [2.75, 3.05) is 0 Å². The van der Waals surface area contributed by atoms with Crippen molar-refractivity contribution < 1.29 is 9.90 Å². The van der Waals surface area contributed by atoms with E-state index in [9.17, 15) is 9.90 Å². The van der Waals surface area contributed by atoms with E-state index in [1.165, 1.54) is 0 Å². The maximum absolute atomic E-state index is 11.3. The normalized spacial score (nSPS) is 26.4. The Hall–Kier alpha value is -2.93. The van der Waals surface area contributed by atoms with E-state index in [1.807, 2.05) is 24.4 Å². The number of halogens is 1. The molecule has 0 saturated heterocycles. The first-order chi connectivity index (χ1) is 14.0. The Bertz CT molecular complexity index is 1080. The maximum atomic E-state index is 11.3. The average Bonchev–Trinajstić information content (AvgIpc) is 3.31. The van der Waals surface area contributed by atoms with Gasteiger partial charge in [0.05, 0.1) is 27.8 Å². The largest absolute Gasteiger partial charge is 0.481 e. The third-order valence-electron chi connectivity index (χ3n) is 6.21. The van der Waals surface area contributed by atoms with Crippen molar-refractivity contribution in [1.82, 2.24) is 15.2 Å². The van der Waals surface area contributed by atoms with E-state index in [2.05, 4.69) is 26.3 Å². The first-order valence-electron chi connectivity index (χ1n) is 9.83. The quantitative estimate of drug-likeness (QED) is 0.618. The van der Waals surface area contributed by atoms with Crippen molar-refractivity contribution in [3.8, 4) is 0 Å². The summed E-state index contributed by atoms with van der Waals surface area (Å²) in [6.45, 7) is 0. The van der Waals surface area contributed by atoms with E-state index in [1.54, 1.807) is 6.20 Å². The standard InChI is InChI=1S/C21H22ClN5O2/c22-14-3-1-2-13-10-15(25-16(13)14)17-18-19(23)24-8-9-27(18)20(26-17)11-4-6-12(7-5-11)21(28)29/h1-3,8-12,20,25-26H,4-7H2,(H2,23,24)(H,28,29). The van der Waals surface area contributed by atoms with E-state index < -0.39 is 5.97 Å². The van der Waals surface area contributed by atoms with E-state index in [-0.39, 0.29) is 12.1 Å². The second-order valence-electron chi connectivity index (χ2n) is 7.87. The fraction of sp³-hybridized carbons (Fsp3) is 0.333. The highest BCUT2D eigenvalue weighted by atomic mass is 35.5. The molecule has 5 N–H and O–H groups in total. The Labute approximate surface area is 172 Å². The van der Waals surface area contributed by atoms with Crippen molar-refractivity contribution in [3.63, 3.8) is 0 Å². The number of nitrogens with one attached hydrogen (secondary N) is 2. The van der Waals surface area contributed by atoms with Crippen LogP contribution in [0.1, 0.15) is 31.4 Å². The van der Waals surface area contributed by atoms with Gasteiger partial charge in [-0.2, -0.15) is 0 Å². The summed E-state index contributed by atoms with van der Waals surface area (Å²) in [6.07, 6.45) is 6.78. The molecule has 0 spiro atoms. The van der Waals surface area contributed by atoms with E-state index >= 15 is 0 Å². The minimum Gasteiger partial charge on any atom is -0.481 e. The summed E-state index contributed by atoms with van der Waals surface area (Å²) < 4.78 is 0. The summed E-state index contributed by atoms with van der Waals surface area (Å²) in [4.78, 5) is 21.2. The number of hydrogen-bond donors (Lipinski definition) is 4. The molecule has 1 saturated carbocycles. The van der Waals surface area contributed by atoms with Gasteiger partial charge in [-0.15, -0.1) is 0 Å². The van der Waals surface area contributed by atoms with Crippen molar-refractivity contribution in [2.45, 2.75) is 31.8 Å². The lowest BCUT2D eigenvalue weighted by molar-refractivity contribution is -0.143. The zero-order valence-electron chi connectivity index (χ0n) is 15.7. The molecule has 8 heteroatoms. The van der Waals surface area contributed by atoms with Crippen LogP contribution in [0.4, 0.5) is 0 Å². The smallest absolute Gasteiger partial charge is 0.306 e. The second-order valence-corrected chi connectivity index (χ2v) is 8.28. The van der Waals surface area contributed by atoms with E-state index in [4.69, 9.17) is 17.3 Å². The third kappa shape index (κ3) is 2.97. The van der Waals surface area contributed by atoms with E-state index in [0.717, 1.165) is 40.8 Å². The molecule has 3 aliphatic rings. The summed E-state index contributed by atoms with van der Waals surface area (Å²) in [6, 6.07) is 7.86. The number of carboxylic acids is 1. The van der Waals surface area contributed by atoms with Crippen LogP contribution in [0.25, 0.3) is 16.6 Å². The number of para-hydroxylation sites is 1. The van der Waals surface area contributed by atoms with Gasteiger partial charge in [-0.05, 0) is 43.7 Å². The highest BCUT2D eigenvalue weighted by Crippen LogP contribution is 2.39. The summed E-state index contributed by atoms with van der Waals surface area (Å²) in [7, 11) is 0. The molecule has 1 aromatic heterocycles. The Kier molecular flexibility index (Phi) is 4.28. The lowest BCUT2D eigenvalue weighted by atomic mass is 9.80. The molecular weight excluding hydrogens is 390 g/mol. The number of fused-ring (bicyclic) bond motifs is 2. The molecular formula is C21H22ClN5O2. The highest BCUT2D eigenvalue weighted by molar-refractivity contribution is 6.35. The Morgan fingerprint density at radius 1 is 1.28 bits per heavy atom. The minimum absolute atomic E-state index is 0.0157. The molecule has 1 aromatic carbocycles. The van der Waals surface area contributed by atoms with Gasteiger partial charge in [0.1, 0.15) is 17.7 Å². The van der Waals surface area contributed by atoms with Gasteiger partial charge in [0.2, 0.25) is 0 Å². The van der Waals surface area contributed by atoms with Crippen LogP contribution >= 0.6 is 11.6 Å². The number of carbonyl (C=O) groups is 1. The molecule has 29 heavy (non-hydrogen) atoms. The van der Waals surface area contributed by atoms with Gasteiger partial charge in [0.15, 0.2) is 0 Å². The fourth-order valence-corrected chi connectivity index (χ4v) is 4.94. The van der Waals surface area contributed by atoms with Crippen LogP contribution in [0.15, 0.2) is 47.4 Å². The van der Waals surface area contributed by atoms with Gasteiger partial charge < -0.3 is 26.0 Å². The first-order valence-corrected chi connectivity index (χ1v) is 10.2. The van der Waals surface area contributed by atoms with Gasteiger partial charge in [-0.1, -0.05) is 23.7 Å². The van der Waals surface area contributed by atoms with E-state index in [0.29, 0.717) is 29.6 Å². The highest BCUT2D eigenvalue weighted by Gasteiger charge is 2.40. The van der Waals surface area contributed by atoms with Gasteiger partial charge in [-0.25, -0.2) is 4.99 Å². The molecule has 2 aromatic rings. The van der Waals surface area contributed by atoms with Crippen molar-refractivity contribution in [1.29, 1.82) is 0 Å². The molecule has 1 atom stereocenters. The predicted octanol–water partition coefficient (Wildman–Crippen LogP) is 3.45. The number of amidine groups is 1. The Balaban J connectivity index is 1.49. The lowest BCUT2D eigenvalue weighted by Gasteiger charge is -2.36. The number of aromatic nitrogens is 1. The molecule has 0 amide bonds. The molecule has 0 radical (unpaired) electrons. The first kappa shape index (κ1) is 18.1. The third-order valence-corrected chi connectivity index (χ3v) is 6.53. The molecule has 2 aliphatic heterocycles. The minimum atomic E-state index is -0.688. The number of carboxylic acid groups (broad SMARTS) is 1. The second kappa shape index (κ2) is 6.84. The number of aromatic amines is 1. The molecule has 0 bridgehead atoms. The molecule has 1 unspecified atom stereocenters. The maximum Gasteiger partial charge on any atom is 0.306 e. The number of H-pyrrole nitrogens is 1. The fourth-order valence-electron chi connectivity index (χ4n) is 4.71. The zero-order chi connectivity index (χ0) is 20.1. The van der Waals surface area contributed by atoms with Crippen LogP contribution in [0.3, 0.4) is 0 Å². The van der Waals surface area contributed by atoms with Crippen LogP contribution in [0.5, 0.6) is 0 Å². The number of benzene rings is 1. The summed E-state index contributed by atoms with van der Waals surface area (Å²) >= 11 is 6.35. The molecule has 150 valence electrons. The molecule has 1 fully saturated rings. The van der Waals surface area contributed by atoms with Gasteiger partial charge in [0.25, 0.3) is 0 Å². The van der Waals surface area contributed by atoms with Crippen LogP contribution in [0, 0.1) is 11.8 Å². The van der Waals surface area contributed by atoms with Gasteiger partial charge in [-0.3, -0.25) is 4.79 Å². The molecule has 1 aliphatic carbocycles. The molecule has 5 rings (SSSR count). The number of nitrogens with zero attached hydrogens (tertiary/aromatic N) is 2. The number of aliphatic carboxylic acids is 1. The SMILES string of the molecule is NC1=NC=CN2C1=C(c1cc3cccc(Cl)c3[nH]1)NC2C1CCC(C(=O)O)CC1. The zero-order valence-corrected chi connectivity index (χ0v) is 16.5. The summed E-state index contributed by atoms with van der Waals surface area (Å²) in [5.41, 5.74) is 9.80. The van der Waals surface area contributed by atoms with Crippen molar-refractivity contribution in [3.05, 3.63) is 53.1 Å². The summed E-state index contributed by atoms with van der Waals surface area (Å²) in [5, 5.41) is 14.6. The topological polar surface area (TPSA) is 107 Å². The lowest BCUT2D eigenvalue weighted by Crippen LogP contribution is -2.44. The van der Waals surface area contributed by atoms with Crippen LogP contribution in [0.2, 0.25) is 5.02 Å². The summed E-state index contributed by atoms with van der Waals surface area (Å²) in [5.74, 6) is -0.145. The Morgan fingerprint density at radius 2 is 2.07 bits per heavy atom. The monoisotopic (exact) mass is 411 g/mol. The van der Waals surface area contributed by atoms with Crippen LogP contribution < -0.4 is 11.1 Å². The number of nitrogens with two attached hydrogens (primary N) is 1. The van der Waals surface area contributed by atoms with Crippen LogP contribution in [-0.4, -0.2) is 33.0 Å². The molecule has 3 heterocycles. The van der Waals surface area contributed by atoms with Gasteiger partial charge >= 0.3 is 5.97 Å². The van der Waals surface area contributed by atoms with Crippen molar-refractivity contribution >= 4 is 40.0 Å². The number of hydrogen-bond acceptors (Lipinski definition) is 5. The predicted molar refractivity (Wildman–Crippen MR) is 113 cm³/mol. The Morgan fingerprint density at radius 3 is 2.79 bits per heavy atom. The van der Waals surface area contributed by atoms with Gasteiger partial charge in [0, 0.05) is 17.8 Å².